The van der Waals surface area contributed by atoms with Crippen LogP contribution in [0.2, 0.25) is 0 Å². The summed E-state index contributed by atoms with van der Waals surface area (Å²) in [5.74, 6) is 1.32. The maximum atomic E-state index is 9.60. The van der Waals surface area contributed by atoms with Crippen molar-refractivity contribution in [3.63, 3.8) is 0 Å². The van der Waals surface area contributed by atoms with E-state index in [4.69, 9.17) is 4.74 Å². The smallest absolute Gasteiger partial charge is 0.222 e. The lowest BCUT2D eigenvalue weighted by molar-refractivity contribution is 0.0786. The van der Waals surface area contributed by atoms with Gasteiger partial charge in [-0.1, -0.05) is 0 Å². The number of rotatable bonds is 4. The van der Waals surface area contributed by atoms with Gasteiger partial charge in [0.05, 0.1) is 11.8 Å². The lowest BCUT2D eigenvalue weighted by Gasteiger charge is -2.29. The third-order valence-corrected chi connectivity index (χ3v) is 4.72. The number of piperidine rings is 1. The maximum Gasteiger partial charge on any atom is 0.222 e. The summed E-state index contributed by atoms with van der Waals surface area (Å²) in [4.78, 5) is 10.9. The van der Waals surface area contributed by atoms with Gasteiger partial charge in [0.15, 0.2) is 0 Å². The normalized spacial score (nSPS) is 16.4. The van der Waals surface area contributed by atoms with Crippen LogP contribution in [-0.2, 0) is 13.6 Å². The Kier molecular flexibility index (Phi) is 4.38. The molecular formula is C19H22N4O2. The van der Waals surface area contributed by atoms with Gasteiger partial charge in [0.1, 0.15) is 12.1 Å². The Morgan fingerprint density at radius 2 is 2.00 bits per heavy atom. The first-order valence-corrected chi connectivity index (χ1v) is 8.62. The van der Waals surface area contributed by atoms with Gasteiger partial charge in [-0.3, -0.25) is 4.90 Å². The van der Waals surface area contributed by atoms with Crippen molar-refractivity contribution in [1.82, 2.24) is 19.4 Å². The van der Waals surface area contributed by atoms with E-state index in [0.717, 1.165) is 49.3 Å². The van der Waals surface area contributed by atoms with Crippen LogP contribution in [0.3, 0.4) is 0 Å². The van der Waals surface area contributed by atoms with Gasteiger partial charge in [-0.05, 0) is 37.1 Å². The van der Waals surface area contributed by atoms with Crippen molar-refractivity contribution >= 4 is 10.9 Å². The third kappa shape index (κ3) is 3.65. The Morgan fingerprint density at radius 1 is 1.16 bits per heavy atom. The van der Waals surface area contributed by atoms with Crippen molar-refractivity contribution < 1.29 is 9.84 Å². The molecule has 0 saturated carbocycles. The quantitative estimate of drug-likeness (QED) is 0.792. The van der Waals surface area contributed by atoms with Crippen molar-refractivity contribution in [2.75, 3.05) is 13.1 Å². The fourth-order valence-corrected chi connectivity index (χ4v) is 3.27. The number of hydrogen-bond acceptors (Lipinski definition) is 5. The zero-order valence-corrected chi connectivity index (χ0v) is 14.3. The fourth-order valence-electron chi connectivity index (χ4n) is 3.27. The van der Waals surface area contributed by atoms with Crippen LogP contribution in [-0.4, -0.2) is 43.7 Å². The summed E-state index contributed by atoms with van der Waals surface area (Å²) in [6.07, 6.45) is 5.07. The molecule has 0 atom stereocenters. The molecule has 0 unspecified atom stereocenters. The zero-order valence-electron chi connectivity index (χ0n) is 14.3. The van der Waals surface area contributed by atoms with E-state index in [1.807, 2.05) is 37.5 Å². The molecule has 0 bridgehead atoms. The highest BCUT2D eigenvalue weighted by atomic mass is 16.5. The molecule has 1 aliphatic heterocycles. The molecule has 25 heavy (non-hydrogen) atoms. The summed E-state index contributed by atoms with van der Waals surface area (Å²) >= 11 is 0. The molecular weight excluding hydrogens is 316 g/mol. The predicted octanol–water partition coefficient (Wildman–Crippen LogP) is 2.72. The van der Waals surface area contributed by atoms with Crippen molar-refractivity contribution in [2.24, 2.45) is 7.05 Å². The average Bonchev–Trinajstić information content (AvgIpc) is 2.98. The van der Waals surface area contributed by atoms with E-state index in [9.17, 15) is 5.11 Å². The molecule has 130 valence electrons. The van der Waals surface area contributed by atoms with Crippen molar-refractivity contribution in [3.05, 3.63) is 48.5 Å². The number of likely N-dealkylation sites (tertiary alicyclic amines) is 1. The van der Waals surface area contributed by atoms with Crippen LogP contribution in [0.15, 0.2) is 42.9 Å². The molecule has 1 aliphatic rings. The molecule has 6 heteroatoms. The minimum Gasteiger partial charge on any atom is -0.439 e. The zero-order chi connectivity index (χ0) is 17.2. The van der Waals surface area contributed by atoms with Crippen LogP contribution < -0.4 is 4.74 Å². The Hall–Kier alpha value is -2.44. The Balaban J connectivity index is 1.46. The molecule has 3 aromatic rings. The first-order valence-electron chi connectivity index (χ1n) is 8.62. The van der Waals surface area contributed by atoms with E-state index in [2.05, 4.69) is 25.5 Å². The molecule has 1 N–H and O–H groups in total. The number of aromatic nitrogens is 3. The summed E-state index contributed by atoms with van der Waals surface area (Å²) in [7, 11) is 2.03. The predicted molar refractivity (Wildman–Crippen MR) is 95.5 cm³/mol. The van der Waals surface area contributed by atoms with E-state index < -0.39 is 0 Å². The molecule has 1 aromatic carbocycles. The van der Waals surface area contributed by atoms with Gasteiger partial charge in [0, 0.05) is 49.8 Å². The largest absolute Gasteiger partial charge is 0.439 e. The average molecular weight is 338 g/mol. The molecule has 0 amide bonds. The van der Waals surface area contributed by atoms with Crippen LogP contribution in [0, 0.1) is 0 Å². The summed E-state index contributed by atoms with van der Waals surface area (Å²) in [5.41, 5.74) is 2.10. The van der Waals surface area contributed by atoms with E-state index in [0.29, 0.717) is 5.88 Å². The molecule has 0 spiro atoms. The first kappa shape index (κ1) is 16.1. The molecule has 2 aromatic heterocycles. The number of aliphatic hydroxyl groups is 1. The summed E-state index contributed by atoms with van der Waals surface area (Å²) in [6.45, 7) is 2.54. The second kappa shape index (κ2) is 6.82. The van der Waals surface area contributed by atoms with Crippen molar-refractivity contribution in [2.45, 2.75) is 25.5 Å². The topological polar surface area (TPSA) is 63.4 Å². The van der Waals surface area contributed by atoms with Gasteiger partial charge in [0.25, 0.3) is 0 Å². The van der Waals surface area contributed by atoms with E-state index in [-0.39, 0.29) is 6.10 Å². The number of aryl methyl sites for hydroxylation is 1. The molecule has 6 nitrogen and oxygen atoms in total. The van der Waals surface area contributed by atoms with Crippen LogP contribution >= 0.6 is 0 Å². The lowest BCUT2D eigenvalue weighted by atomic mass is 10.1. The number of hydrogen-bond donors (Lipinski definition) is 1. The highest BCUT2D eigenvalue weighted by Crippen LogP contribution is 2.25. The van der Waals surface area contributed by atoms with Crippen LogP contribution in [0.25, 0.3) is 10.9 Å². The summed E-state index contributed by atoms with van der Waals surface area (Å²) < 4.78 is 8.00. The third-order valence-electron chi connectivity index (χ3n) is 4.72. The lowest BCUT2D eigenvalue weighted by Crippen LogP contribution is -2.35. The van der Waals surface area contributed by atoms with Gasteiger partial charge in [0.2, 0.25) is 5.88 Å². The Labute approximate surface area is 146 Å². The molecule has 1 fully saturated rings. The highest BCUT2D eigenvalue weighted by Gasteiger charge is 2.17. The van der Waals surface area contributed by atoms with Crippen molar-refractivity contribution in [3.8, 4) is 11.6 Å². The number of fused-ring (bicyclic) bond motifs is 1. The second-order valence-electron chi connectivity index (χ2n) is 6.60. The number of aliphatic hydroxyl groups excluding tert-OH is 1. The monoisotopic (exact) mass is 338 g/mol. The highest BCUT2D eigenvalue weighted by molar-refractivity contribution is 5.81. The van der Waals surface area contributed by atoms with Gasteiger partial charge < -0.3 is 14.4 Å². The number of nitrogens with zero attached hydrogens (tertiary/aromatic N) is 4. The van der Waals surface area contributed by atoms with E-state index >= 15 is 0 Å². The van der Waals surface area contributed by atoms with Gasteiger partial charge in [-0.15, -0.1) is 0 Å². The van der Waals surface area contributed by atoms with Crippen molar-refractivity contribution in [1.29, 1.82) is 0 Å². The number of ether oxygens (including phenoxy) is 1. The van der Waals surface area contributed by atoms with Gasteiger partial charge in [-0.2, -0.15) is 0 Å². The van der Waals surface area contributed by atoms with Gasteiger partial charge >= 0.3 is 0 Å². The summed E-state index contributed by atoms with van der Waals surface area (Å²) in [6, 6.07) is 9.98. The number of benzene rings is 1. The van der Waals surface area contributed by atoms with Crippen LogP contribution in [0.1, 0.15) is 18.5 Å². The standard InChI is InChI=1S/C19H22N4O2/c1-22-7-4-14-10-17(2-3-18(14)22)25-19-11-15(20-13-21-19)12-23-8-5-16(24)6-9-23/h2-4,7,10-11,13,16,24H,5-6,8-9,12H2,1H3. The Morgan fingerprint density at radius 3 is 2.84 bits per heavy atom. The summed E-state index contributed by atoms with van der Waals surface area (Å²) in [5, 5.41) is 10.7. The maximum absolute atomic E-state index is 9.60. The molecule has 1 saturated heterocycles. The molecule has 0 aliphatic carbocycles. The first-order chi connectivity index (χ1) is 12.2. The molecule has 3 heterocycles. The van der Waals surface area contributed by atoms with E-state index in [1.54, 1.807) is 6.33 Å². The van der Waals surface area contributed by atoms with E-state index in [1.165, 1.54) is 5.52 Å². The Bertz CT molecular complexity index is 869. The molecule has 0 radical (unpaired) electrons. The minimum absolute atomic E-state index is 0.159. The second-order valence-corrected chi connectivity index (χ2v) is 6.60. The molecule has 4 rings (SSSR count). The minimum atomic E-state index is -0.159. The fraction of sp³-hybridized carbons (Fsp3) is 0.368. The van der Waals surface area contributed by atoms with Crippen LogP contribution in [0.5, 0.6) is 11.6 Å². The van der Waals surface area contributed by atoms with Crippen LogP contribution in [0.4, 0.5) is 0 Å². The SMILES string of the molecule is Cn1ccc2cc(Oc3cc(CN4CCC(O)CC4)ncn3)ccc21. The van der Waals surface area contributed by atoms with Gasteiger partial charge in [-0.25, -0.2) is 9.97 Å².